The third-order valence-electron chi connectivity index (χ3n) is 2.48. The molecule has 0 atom stereocenters. The summed E-state index contributed by atoms with van der Waals surface area (Å²) in [5.41, 5.74) is 5.73. The van der Waals surface area contributed by atoms with Crippen LogP contribution < -0.4 is 15.2 Å². The zero-order valence-electron chi connectivity index (χ0n) is 10.9. The lowest BCUT2D eigenvalue weighted by Crippen LogP contribution is -2.13. The number of methoxy groups -OCH3 is 1. The predicted octanol–water partition coefficient (Wildman–Crippen LogP) is 0.0462. The van der Waals surface area contributed by atoms with Crippen LogP contribution in [0.2, 0.25) is 0 Å². The number of sulfonamides is 1. The third-order valence-corrected chi connectivity index (χ3v) is 3.81. The number of hydrogen-bond acceptors (Lipinski definition) is 6. The van der Waals surface area contributed by atoms with Gasteiger partial charge in [0.25, 0.3) is 10.0 Å². The van der Waals surface area contributed by atoms with E-state index in [0.29, 0.717) is 24.7 Å². The lowest BCUT2D eigenvalue weighted by atomic mass is 10.4. The zero-order valence-corrected chi connectivity index (χ0v) is 11.7. The van der Waals surface area contributed by atoms with Gasteiger partial charge in [-0.25, -0.2) is 13.4 Å². The van der Waals surface area contributed by atoms with Crippen molar-refractivity contribution >= 4 is 15.7 Å². The first-order valence-corrected chi connectivity index (χ1v) is 7.29. The van der Waals surface area contributed by atoms with Gasteiger partial charge in [-0.05, 0) is 6.07 Å². The van der Waals surface area contributed by atoms with E-state index >= 15 is 0 Å². The highest BCUT2D eigenvalue weighted by molar-refractivity contribution is 7.92. The summed E-state index contributed by atoms with van der Waals surface area (Å²) in [6.45, 7) is 0.844. The van der Waals surface area contributed by atoms with Gasteiger partial charge in [-0.3, -0.25) is 9.40 Å². The van der Waals surface area contributed by atoms with Crippen molar-refractivity contribution in [3.8, 4) is 5.88 Å². The Morgan fingerprint density at radius 3 is 2.80 bits per heavy atom. The Bertz CT molecular complexity index is 666. The van der Waals surface area contributed by atoms with Gasteiger partial charge in [0.2, 0.25) is 5.88 Å². The lowest BCUT2D eigenvalue weighted by molar-refractivity contribution is 0.398. The summed E-state index contributed by atoms with van der Waals surface area (Å²) >= 11 is 0. The molecule has 2 aromatic heterocycles. The molecule has 9 heteroatoms. The number of aromatic nitrogens is 3. The number of ether oxygens (including phenoxy) is 1. The standard InChI is InChI=1S/C11H15N5O3S/c1-19-11-3-2-9(6-13-11)15-20(17,18)10-7-14-16(8-10)5-4-12/h2-3,6-8,15H,4-5,12H2,1H3. The van der Waals surface area contributed by atoms with Gasteiger partial charge in [0.05, 0.1) is 31.7 Å². The second kappa shape index (κ2) is 5.88. The normalized spacial score (nSPS) is 11.3. The number of anilines is 1. The molecule has 0 aliphatic rings. The minimum atomic E-state index is -3.69. The van der Waals surface area contributed by atoms with E-state index in [-0.39, 0.29) is 4.90 Å². The van der Waals surface area contributed by atoms with Crippen molar-refractivity contribution in [1.82, 2.24) is 14.8 Å². The number of rotatable bonds is 6. The Labute approximate surface area is 116 Å². The molecule has 0 radical (unpaired) electrons. The van der Waals surface area contributed by atoms with Gasteiger partial charge in [-0.1, -0.05) is 0 Å². The molecule has 2 rings (SSSR count). The molecule has 0 bridgehead atoms. The third kappa shape index (κ3) is 3.25. The Morgan fingerprint density at radius 2 is 2.20 bits per heavy atom. The number of pyridine rings is 1. The number of nitrogens with two attached hydrogens (primary N) is 1. The van der Waals surface area contributed by atoms with Gasteiger partial charge in [0.1, 0.15) is 4.90 Å². The van der Waals surface area contributed by atoms with E-state index in [1.54, 1.807) is 12.1 Å². The summed E-state index contributed by atoms with van der Waals surface area (Å²) in [6, 6.07) is 3.13. The van der Waals surface area contributed by atoms with Gasteiger partial charge in [-0.15, -0.1) is 0 Å². The first-order chi connectivity index (χ1) is 9.55. The molecule has 0 unspecified atom stereocenters. The average molecular weight is 297 g/mol. The van der Waals surface area contributed by atoms with Crippen molar-refractivity contribution in [2.24, 2.45) is 5.73 Å². The van der Waals surface area contributed by atoms with Crippen molar-refractivity contribution in [3.63, 3.8) is 0 Å². The smallest absolute Gasteiger partial charge is 0.265 e. The fourth-order valence-electron chi connectivity index (χ4n) is 1.51. The van der Waals surface area contributed by atoms with Crippen LogP contribution in [0.4, 0.5) is 5.69 Å². The van der Waals surface area contributed by atoms with Crippen molar-refractivity contribution in [2.45, 2.75) is 11.4 Å². The van der Waals surface area contributed by atoms with Gasteiger partial charge >= 0.3 is 0 Å². The summed E-state index contributed by atoms with van der Waals surface area (Å²) < 4.78 is 33.0. The number of hydrogen-bond donors (Lipinski definition) is 2. The maximum Gasteiger partial charge on any atom is 0.265 e. The molecular weight excluding hydrogens is 282 g/mol. The van der Waals surface area contributed by atoms with Crippen molar-refractivity contribution in [2.75, 3.05) is 18.4 Å². The molecular formula is C11H15N5O3S. The van der Waals surface area contributed by atoms with Crippen LogP contribution >= 0.6 is 0 Å². The van der Waals surface area contributed by atoms with Crippen molar-refractivity contribution in [1.29, 1.82) is 0 Å². The monoisotopic (exact) mass is 297 g/mol. The highest BCUT2D eigenvalue weighted by atomic mass is 32.2. The Hall–Kier alpha value is -2.13. The van der Waals surface area contributed by atoms with Gasteiger partial charge in [0, 0.05) is 18.8 Å². The van der Waals surface area contributed by atoms with Crippen LogP contribution in [0.1, 0.15) is 0 Å². The van der Waals surface area contributed by atoms with Crippen LogP contribution in [-0.4, -0.2) is 36.8 Å². The van der Waals surface area contributed by atoms with E-state index in [9.17, 15) is 8.42 Å². The maximum atomic E-state index is 12.1. The minimum Gasteiger partial charge on any atom is -0.481 e. The molecule has 2 aromatic rings. The predicted molar refractivity (Wildman–Crippen MR) is 72.9 cm³/mol. The first kappa shape index (κ1) is 14.3. The van der Waals surface area contributed by atoms with Crippen LogP contribution in [0.25, 0.3) is 0 Å². The summed E-state index contributed by atoms with van der Waals surface area (Å²) in [5, 5.41) is 3.92. The highest BCUT2D eigenvalue weighted by Gasteiger charge is 2.16. The van der Waals surface area contributed by atoms with E-state index in [0.717, 1.165) is 0 Å². The van der Waals surface area contributed by atoms with Gasteiger partial charge < -0.3 is 10.5 Å². The second-order valence-electron chi connectivity index (χ2n) is 3.92. The average Bonchev–Trinajstić information content (AvgIpc) is 2.89. The number of nitrogens with one attached hydrogen (secondary N) is 1. The highest BCUT2D eigenvalue weighted by Crippen LogP contribution is 2.16. The van der Waals surface area contributed by atoms with E-state index in [1.165, 1.54) is 30.4 Å². The largest absolute Gasteiger partial charge is 0.481 e. The van der Waals surface area contributed by atoms with E-state index < -0.39 is 10.0 Å². The SMILES string of the molecule is COc1ccc(NS(=O)(=O)c2cnn(CCN)c2)cn1. The fraction of sp³-hybridized carbons (Fsp3) is 0.273. The Balaban J connectivity index is 2.16. The lowest BCUT2D eigenvalue weighted by Gasteiger charge is -2.06. The fourth-order valence-corrected chi connectivity index (χ4v) is 2.51. The van der Waals surface area contributed by atoms with Crippen molar-refractivity contribution in [3.05, 3.63) is 30.7 Å². The molecule has 0 saturated carbocycles. The molecule has 0 amide bonds. The van der Waals surface area contributed by atoms with Gasteiger partial charge in [0.15, 0.2) is 0 Å². The van der Waals surface area contributed by atoms with Crippen LogP contribution in [0.15, 0.2) is 35.6 Å². The summed E-state index contributed by atoms with van der Waals surface area (Å²) in [5.74, 6) is 0.406. The Morgan fingerprint density at radius 1 is 1.40 bits per heavy atom. The number of nitrogens with zero attached hydrogens (tertiary/aromatic N) is 3. The molecule has 0 aliphatic carbocycles. The second-order valence-corrected chi connectivity index (χ2v) is 5.60. The molecule has 8 nitrogen and oxygen atoms in total. The molecule has 0 fully saturated rings. The van der Waals surface area contributed by atoms with Gasteiger partial charge in [-0.2, -0.15) is 5.10 Å². The Kier molecular flexibility index (Phi) is 4.20. The summed E-state index contributed by atoms with van der Waals surface area (Å²) in [7, 11) is -2.20. The topological polar surface area (TPSA) is 112 Å². The molecule has 0 spiro atoms. The van der Waals surface area contributed by atoms with E-state index in [1.807, 2.05) is 0 Å². The summed E-state index contributed by atoms with van der Waals surface area (Å²) in [4.78, 5) is 3.99. The quantitative estimate of drug-likeness (QED) is 0.779. The van der Waals surface area contributed by atoms with Crippen LogP contribution in [0.5, 0.6) is 5.88 Å². The molecule has 2 heterocycles. The molecule has 3 N–H and O–H groups in total. The van der Waals surface area contributed by atoms with Crippen LogP contribution in [0, 0.1) is 0 Å². The molecule has 20 heavy (non-hydrogen) atoms. The molecule has 0 aromatic carbocycles. The van der Waals surface area contributed by atoms with E-state index in [2.05, 4.69) is 14.8 Å². The maximum absolute atomic E-state index is 12.1. The summed E-state index contributed by atoms with van der Waals surface area (Å²) in [6.07, 6.45) is 4.07. The van der Waals surface area contributed by atoms with Crippen LogP contribution in [-0.2, 0) is 16.6 Å². The van der Waals surface area contributed by atoms with Crippen molar-refractivity contribution < 1.29 is 13.2 Å². The first-order valence-electron chi connectivity index (χ1n) is 5.80. The minimum absolute atomic E-state index is 0.0711. The molecule has 108 valence electrons. The molecule has 0 aliphatic heterocycles. The van der Waals surface area contributed by atoms with Crippen LogP contribution in [0.3, 0.4) is 0 Å². The van der Waals surface area contributed by atoms with E-state index in [4.69, 9.17) is 10.5 Å². The zero-order chi connectivity index (χ0) is 14.6. The molecule has 0 saturated heterocycles.